The third kappa shape index (κ3) is 2.45. The van der Waals surface area contributed by atoms with Crippen molar-refractivity contribution in [3.63, 3.8) is 0 Å². The van der Waals surface area contributed by atoms with Gasteiger partial charge in [-0.25, -0.2) is 4.68 Å². The van der Waals surface area contributed by atoms with Gasteiger partial charge in [-0.05, 0) is 24.6 Å². The second-order valence-corrected chi connectivity index (χ2v) is 4.41. The fourth-order valence-corrected chi connectivity index (χ4v) is 2.13. The highest BCUT2D eigenvalue weighted by atomic mass is 35.5. The number of aromatic nitrogens is 2. The highest BCUT2D eigenvalue weighted by Crippen LogP contribution is 2.24. The van der Waals surface area contributed by atoms with Crippen molar-refractivity contribution in [2.45, 2.75) is 19.8 Å². The third-order valence-corrected chi connectivity index (χ3v) is 3.07. The topological polar surface area (TPSA) is 65.4 Å². The molecule has 0 amide bonds. The molecule has 0 atom stereocenters. The largest absolute Gasteiger partial charge is 0.220 e. The average molecular weight is 271 g/mol. The Morgan fingerprint density at radius 2 is 2.11 bits per heavy atom. The van der Waals surface area contributed by atoms with E-state index in [4.69, 9.17) is 22.1 Å². The van der Waals surface area contributed by atoms with Crippen LogP contribution in [0.5, 0.6) is 0 Å². The van der Waals surface area contributed by atoms with E-state index in [1.54, 1.807) is 24.3 Å². The number of benzene rings is 1. The van der Waals surface area contributed by atoms with Crippen LogP contribution in [0.1, 0.15) is 30.2 Å². The Balaban J connectivity index is 2.57. The van der Waals surface area contributed by atoms with E-state index in [-0.39, 0.29) is 0 Å². The van der Waals surface area contributed by atoms with Crippen LogP contribution in [0.25, 0.3) is 5.69 Å². The van der Waals surface area contributed by atoms with Gasteiger partial charge in [-0.15, -0.1) is 0 Å². The van der Waals surface area contributed by atoms with Crippen molar-refractivity contribution < 1.29 is 0 Å². The Kier molecular flexibility index (Phi) is 3.85. The zero-order valence-electron chi connectivity index (χ0n) is 10.4. The van der Waals surface area contributed by atoms with E-state index in [0.717, 1.165) is 6.42 Å². The van der Waals surface area contributed by atoms with Gasteiger partial charge in [0.2, 0.25) is 0 Å². The minimum absolute atomic E-state index is 0.293. The number of aryl methyl sites for hydroxylation is 1. The van der Waals surface area contributed by atoms with Gasteiger partial charge in [0.15, 0.2) is 5.15 Å². The summed E-state index contributed by atoms with van der Waals surface area (Å²) < 4.78 is 1.51. The molecule has 0 aliphatic heterocycles. The lowest BCUT2D eigenvalue weighted by Gasteiger charge is -2.02. The van der Waals surface area contributed by atoms with Crippen LogP contribution in [-0.2, 0) is 6.42 Å². The predicted molar refractivity (Wildman–Crippen MR) is 72.0 cm³/mol. The van der Waals surface area contributed by atoms with Gasteiger partial charge in [-0.3, -0.25) is 0 Å². The number of rotatable bonds is 3. The van der Waals surface area contributed by atoms with Crippen molar-refractivity contribution in [2.24, 2.45) is 0 Å². The molecule has 0 saturated heterocycles. The summed E-state index contributed by atoms with van der Waals surface area (Å²) in [4.78, 5) is 0. The molecule has 0 unspecified atom stereocenters. The second kappa shape index (κ2) is 5.56. The van der Waals surface area contributed by atoms with Crippen LogP contribution in [0.15, 0.2) is 24.3 Å². The molecule has 0 bridgehead atoms. The molecule has 0 fully saturated rings. The van der Waals surface area contributed by atoms with Crippen molar-refractivity contribution in [3.8, 4) is 17.8 Å². The van der Waals surface area contributed by atoms with Crippen molar-refractivity contribution in [1.29, 1.82) is 10.5 Å². The fourth-order valence-electron chi connectivity index (χ4n) is 1.84. The summed E-state index contributed by atoms with van der Waals surface area (Å²) in [6, 6.07) is 11.1. The maximum absolute atomic E-state index is 9.15. The smallest absolute Gasteiger partial charge is 0.150 e. The first-order valence-electron chi connectivity index (χ1n) is 5.89. The van der Waals surface area contributed by atoms with Gasteiger partial charge in [0, 0.05) is 0 Å². The monoisotopic (exact) mass is 270 g/mol. The molecule has 0 spiro atoms. The van der Waals surface area contributed by atoms with Crippen molar-refractivity contribution >= 4 is 11.6 Å². The average Bonchev–Trinajstić information content (AvgIpc) is 2.75. The predicted octanol–water partition coefficient (Wildman–Crippen LogP) is 3.22. The molecule has 1 heterocycles. The molecule has 4 nitrogen and oxygen atoms in total. The molecule has 0 aliphatic carbocycles. The zero-order valence-corrected chi connectivity index (χ0v) is 11.1. The normalized spacial score (nSPS) is 9.89. The summed E-state index contributed by atoms with van der Waals surface area (Å²) in [5, 5.41) is 22.7. The number of nitriles is 2. The molecule has 1 aromatic carbocycles. The molecule has 0 radical (unpaired) electrons. The van der Waals surface area contributed by atoms with Gasteiger partial charge in [0.1, 0.15) is 11.6 Å². The fraction of sp³-hybridized carbons (Fsp3) is 0.214. The first kappa shape index (κ1) is 13.1. The van der Waals surface area contributed by atoms with Gasteiger partial charge in [0.25, 0.3) is 0 Å². The van der Waals surface area contributed by atoms with E-state index in [0.29, 0.717) is 34.1 Å². The van der Waals surface area contributed by atoms with Crippen LogP contribution in [0.2, 0.25) is 5.15 Å². The number of halogens is 1. The van der Waals surface area contributed by atoms with Gasteiger partial charge in [0.05, 0.1) is 23.0 Å². The minimum Gasteiger partial charge on any atom is -0.220 e. The highest BCUT2D eigenvalue weighted by Gasteiger charge is 2.16. The molecule has 5 heteroatoms. The number of hydrogen-bond donors (Lipinski definition) is 0. The van der Waals surface area contributed by atoms with E-state index in [2.05, 4.69) is 17.2 Å². The maximum Gasteiger partial charge on any atom is 0.150 e. The molecular weight excluding hydrogens is 260 g/mol. The van der Waals surface area contributed by atoms with E-state index >= 15 is 0 Å². The maximum atomic E-state index is 9.15. The molecule has 0 saturated carbocycles. The lowest BCUT2D eigenvalue weighted by Crippen LogP contribution is -1.98. The molecule has 0 N–H and O–H groups in total. The molecule has 19 heavy (non-hydrogen) atoms. The summed E-state index contributed by atoms with van der Waals surface area (Å²) in [7, 11) is 0. The van der Waals surface area contributed by atoms with Crippen LogP contribution < -0.4 is 0 Å². The minimum atomic E-state index is 0.293. The Bertz CT molecular complexity index is 688. The van der Waals surface area contributed by atoms with E-state index in [1.165, 1.54) is 4.68 Å². The lowest BCUT2D eigenvalue weighted by atomic mass is 10.2. The van der Waals surface area contributed by atoms with Crippen molar-refractivity contribution in [1.82, 2.24) is 9.78 Å². The molecule has 2 rings (SSSR count). The number of hydrogen-bond acceptors (Lipinski definition) is 3. The van der Waals surface area contributed by atoms with Crippen LogP contribution in [0, 0.1) is 22.7 Å². The van der Waals surface area contributed by atoms with Crippen molar-refractivity contribution in [2.75, 3.05) is 0 Å². The molecule has 0 aliphatic rings. The first-order chi connectivity index (χ1) is 9.21. The Labute approximate surface area is 116 Å². The first-order valence-corrected chi connectivity index (χ1v) is 6.27. The summed E-state index contributed by atoms with van der Waals surface area (Å²) in [6.07, 6.45) is 1.59. The van der Waals surface area contributed by atoms with Gasteiger partial charge >= 0.3 is 0 Å². The van der Waals surface area contributed by atoms with Gasteiger partial charge in [-0.2, -0.15) is 15.6 Å². The Morgan fingerprint density at radius 3 is 2.74 bits per heavy atom. The summed E-state index contributed by atoms with van der Waals surface area (Å²) >= 11 is 6.19. The zero-order chi connectivity index (χ0) is 13.8. The van der Waals surface area contributed by atoms with Crippen molar-refractivity contribution in [3.05, 3.63) is 46.2 Å². The van der Waals surface area contributed by atoms with Crippen LogP contribution in [0.3, 0.4) is 0 Å². The van der Waals surface area contributed by atoms with Crippen LogP contribution >= 0.6 is 11.6 Å². The summed E-state index contributed by atoms with van der Waals surface area (Å²) in [5.74, 6) is 0. The molecule has 1 aromatic heterocycles. The van der Waals surface area contributed by atoms with Gasteiger partial charge < -0.3 is 0 Å². The Morgan fingerprint density at radius 1 is 1.32 bits per heavy atom. The Hall–Kier alpha value is -2.30. The van der Waals surface area contributed by atoms with Crippen LogP contribution in [-0.4, -0.2) is 9.78 Å². The summed E-state index contributed by atoms with van der Waals surface area (Å²) in [5.41, 5.74) is 2.31. The van der Waals surface area contributed by atoms with E-state index in [1.807, 2.05) is 6.92 Å². The van der Waals surface area contributed by atoms with Gasteiger partial charge in [-0.1, -0.05) is 31.0 Å². The lowest BCUT2D eigenvalue weighted by molar-refractivity contribution is 0.806. The van der Waals surface area contributed by atoms with E-state index < -0.39 is 0 Å². The standard InChI is InChI=1S/C14H11ClN4/c1-2-4-13-12(9-17)14(15)19(18-13)11-6-3-5-10(7-11)8-16/h3,5-7H,2,4H2,1H3. The third-order valence-electron chi connectivity index (χ3n) is 2.72. The molecule has 2 aromatic rings. The molecule has 94 valence electrons. The molecular formula is C14H11ClN4. The second-order valence-electron chi connectivity index (χ2n) is 4.05. The summed E-state index contributed by atoms with van der Waals surface area (Å²) in [6.45, 7) is 2.02. The number of nitrogens with zero attached hydrogens (tertiary/aromatic N) is 4. The quantitative estimate of drug-likeness (QED) is 0.860. The highest BCUT2D eigenvalue weighted by molar-refractivity contribution is 6.31. The van der Waals surface area contributed by atoms with E-state index in [9.17, 15) is 0 Å². The SMILES string of the molecule is CCCc1nn(-c2cccc(C#N)c2)c(Cl)c1C#N. The van der Waals surface area contributed by atoms with Crippen LogP contribution in [0.4, 0.5) is 0 Å².